The van der Waals surface area contributed by atoms with Crippen LogP contribution in [0.2, 0.25) is 0 Å². The van der Waals surface area contributed by atoms with Crippen molar-refractivity contribution in [2.45, 2.75) is 51.9 Å². The lowest BCUT2D eigenvalue weighted by Gasteiger charge is -2.53. The second-order valence-electron chi connectivity index (χ2n) is 8.77. The van der Waals surface area contributed by atoms with Gasteiger partial charge in [0.15, 0.2) is 0 Å². The summed E-state index contributed by atoms with van der Waals surface area (Å²) in [6, 6.07) is 0. The molecule has 3 nitrogen and oxygen atoms in total. The van der Waals surface area contributed by atoms with Crippen LogP contribution in [0.25, 0.3) is 0 Å². The van der Waals surface area contributed by atoms with E-state index in [2.05, 4.69) is 17.6 Å². The van der Waals surface area contributed by atoms with Crippen LogP contribution < -0.4 is 10.6 Å². The molecule has 4 bridgehead atoms. The van der Waals surface area contributed by atoms with E-state index in [1.165, 1.54) is 44.9 Å². The van der Waals surface area contributed by atoms with E-state index >= 15 is 0 Å². The van der Waals surface area contributed by atoms with Crippen LogP contribution >= 0.6 is 0 Å². The van der Waals surface area contributed by atoms with E-state index in [-0.39, 0.29) is 5.41 Å². The summed E-state index contributed by atoms with van der Waals surface area (Å²) in [6.07, 6.45) is 9.29. The SMILES string of the molecule is CC1(CNC(=O)C2C3CC4CC(C3)CC2C4)CCCNC1. The van der Waals surface area contributed by atoms with Crippen molar-refractivity contribution in [2.75, 3.05) is 19.6 Å². The Labute approximate surface area is 128 Å². The van der Waals surface area contributed by atoms with Crippen molar-refractivity contribution >= 4 is 5.91 Å². The average molecular weight is 290 g/mol. The van der Waals surface area contributed by atoms with E-state index < -0.39 is 0 Å². The topological polar surface area (TPSA) is 41.1 Å². The summed E-state index contributed by atoms with van der Waals surface area (Å²) < 4.78 is 0. The van der Waals surface area contributed by atoms with Gasteiger partial charge in [-0.15, -0.1) is 0 Å². The zero-order valence-electron chi connectivity index (χ0n) is 13.4. The number of amides is 1. The first-order valence-electron chi connectivity index (χ1n) is 9.11. The first-order chi connectivity index (χ1) is 10.1. The van der Waals surface area contributed by atoms with E-state index in [1.54, 1.807) is 0 Å². The molecule has 1 atom stereocenters. The van der Waals surface area contributed by atoms with Crippen LogP contribution in [0.3, 0.4) is 0 Å². The third-order valence-corrected chi connectivity index (χ3v) is 6.90. The molecular weight excluding hydrogens is 260 g/mol. The molecule has 21 heavy (non-hydrogen) atoms. The second kappa shape index (κ2) is 5.26. The Morgan fingerprint density at radius 1 is 1.14 bits per heavy atom. The van der Waals surface area contributed by atoms with E-state index in [9.17, 15) is 4.79 Å². The third-order valence-electron chi connectivity index (χ3n) is 6.90. The molecule has 1 amide bonds. The molecule has 0 aromatic heterocycles. The molecule has 1 heterocycles. The lowest BCUT2D eigenvalue weighted by Crippen LogP contribution is -2.53. The summed E-state index contributed by atoms with van der Waals surface area (Å²) >= 11 is 0. The molecule has 0 radical (unpaired) electrons. The average Bonchev–Trinajstić information content (AvgIpc) is 2.45. The predicted octanol–water partition coefficient (Wildman–Crippen LogP) is 2.56. The van der Waals surface area contributed by atoms with E-state index in [1.807, 2.05) is 0 Å². The van der Waals surface area contributed by atoms with Gasteiger partial charge in [-0.25, -0.2) is 0 Å². The Morgan fingerprint density at radius 3 is 2.38 bits per heavy atom. The largest absolute Gasteiger partial charge is 0.355 e. The lowest BCUT2D eigenvalue weighted by atomic mass is 9.51. The molecule has 2 N–H and O–H groups in total. The second-order valence-corrected chi connectivity index (χ2v) is 8.77. The molecule has 0 aromatic rings. The molecule has 5 fully saturated rings. The van der Waals surface area contributed by atoms with Crippen molar-refractivity contribution in [1.29, 1.82) is 0 Å². The highest BCUT2D eigenvalue weighted by molar-refractivity contribution is 5.79. The fourth-order valence-electron chi connectivity index (χ4n) is 6.04. The zero-order valence-corrected chi connectivity index (χ0v) is 13.4. The molecule has 4 aliphatic carbocycles. The van der Waals surface area contributed by atoms with Crippen molar-refractivity contribution in [3.8, 4) is 0 Å². The van der Waals surface area contributed by atoms with Crippen molar-refractivity contribution < 1.29 is 4.79 Å². The molecule has 5 aliphatic rings. The Balaban J connectivity index is 1.37. The maximum absolute atomic E-state index is 12.8. The molecule has 1 aliphatic heterocycles. The van der Waals surface area contributed by atoms with Gasteiger partial charge in [-0.1, -0.05) is 6.92 Å². The number of hydrogen-bond donors (Lipinski definition) is 2. The first kappa shape index (κ1) is 14.0. The van der Waals surface area contributed by atoms with Crippen molar-refractivity contribution in [2.24, 2.45) is 35.0 Å². The highest BCUT2D eigenvalue weighted by Crippen LogP contribution is 2.56. The number of piperidine rings is 1. The lowest BCUT2D eigenvalue weighted by molar-refractivity contribution is -0.138. The summed E-state index contributed by atoms with van der Waals surface area (Å²) in [7, 11) is 0. The van der Waals surface area contributed by atoms with Gasteiger partial charge >= 0.3 is 0 Å². The smallest absolute Gasteiger partial charge is 0.223 e. The Bertz CT molecular complexity index is 385. The molecular formula is C18H30N2O. The normalized spacial score (nSPS) is 48.3. The molecule has 118 valence electrons. The number of carbonyl (C=O) groups is 1. The van der Waals surface area contributed by atoms with Crippen LogP contribution in [0.1, 0.15) is 51.9 Å². The fraction of sp³-hybridized carbons (Fsp3) is 0.944. The van der Waals surface area contributed by atoms with Crippen LogP contribution in [0.4, 0.5) is 0 Å². The van der Waals surface area contributed by atoms with Crippen molar-refractivity contribution in [1.82, 2.24) is 10.6 Å². The standard InChI is InChI=1S/C18H30N2O/c1-18(3-2-4-19-10-18)11-20-17(21)16-14-6-12-5-13(8-14)9-15(16)7-12/h12-16,19H,2-11H2,1H3,(H,20,21). The highest BCUT2D eigenvalue weighted by atomic mass is 16.1. The first-order valence-corrected chi connectivity index (χ1v) is 9.11. The summed E-state index contributed by atoms with van der Waals surface area (Å²) in [5.41, 5.74) is 0.264. The minimum atomic E-state index is 0.264. The van der Waals surface area contributed by atoms with Gasteiger partial charge in [0.25, 0.3) is 0 Å². The molecule has 3 heteroatoms. The Morgan fingerprint density at radius 2 is 1.81 bits per heavy atom. The summed E-state index contributed by atoms with van der Waals surface area (Å²) in [5.74, 6) is 4.05. The molecule has 5 rings (SSSR count). The van der Waals surface area contributed by atoms with Gasteiger partial charge < -0.3 is 10.6 Å². The Hall–Kier alpha value is -0.570. The maximum Gasteiger partial charge on any atom is 0.223 e. The zero-order chi connectivity index (χ0) is 14.4. The fourth-order valence-corrected chi connectivity index (χ4v) is 6.04. The number of hydrogen-bond acceptors (Lipinski definition) is 2. The Kier molecular flexibility index (Phi) is 3.52. The van der Waals surface area contributed by atoms with E-state index in [0.29, 0.717) is 23.7 Å². The minimum Gasteiger partial charge on any atom is -0.355 e. The van der Waals surface area contributed by atoms with Crippen molar-refractivity contribution in [3.63, 3.8) is 0 Å². The van der Waals surface area contributed by atoms with Gasteiger partial charge in [0.05, 0.1) is 0 Å². The summed E-state index contributed by atoms with van der Waals surface area (Å²) in [6.45, 7) is 5.37. The van der Waals surface area contributed by atoms with Crippen LogP contribution in [0, 0.1) is 35.0 Å². The maximum atomic E-state index is 12.8. The highest BCUT2D eigenvalue weighted by Gasteiger charge is 2.50. The number of nitrogens with one attached hydrogen (secondary N) is 2. The number of rotatable bonds is 3. The summed E-state index contributed by atoms with van der Waals surface area (Å²) in [4.78, 5) is 12.8. The van der Waals surface area contributed by atoms with Gasteiger partial charge in [0.2, 0.25) is 5.91 Å². The van der Waals surface area contributed by atoms with Crippen LogP contribution in [-0.4, -0.2) is 25.5 Å². The van der Waals surface area contributed by atoms with Crippen LogP contribution in [0.15, 0.2) is 0 Å². The van der Waals surface area contributed by atoms with Crippen LogP contribution in [-0.2, 0) is 4.79 Å². The minimum absolute atomic E-state index is 0.264. The molecule has 0 spiro atoms. The van der Waals surface area contributed by atoms with Gasteiger partial charge in [-0.05, 0) is 80.6 Å². The molecule has 1 saturated heterocycles. The van der Waals surface area contributed by atoms with E-state index in [0.717, 1.165) is 31.5 Å². The van der Waals surface area contributed by atoms with Gasteiger partial charge in [-0.3, -0.25) is 4.79 Å². The molecule has 0 aromatic carbocycles. The number of carbonyl (C=O) groups excluding carboxylic acids is 1. The summed E-state index contributed by atoms with van der Waals surface area (Å²) in [5, 5.41) is 6.82. The molecule has 4 saturated carbocycles. The predicted molar refractivity (Wildman–Crippen MR) is 83.8 cm³/mol. The van der Waals surface area contributed by atoms with Gasteiger partial charge in [0.1, 0.15) is 0 Å². The van der Waals surface area contributed by atoms with Crippen LogP contribution in [0.5, 0.6) is 0 Å². The molecule has 1 unspecified atom stereocenters. The van der Waals surface area contributed by atoms with Gasteiger partial charge in [-0.2, -0.15) is 0 Å². The monoisotopic (exact) mass is 290 g/mol. The van der Waals surface area contributed by atoms with E-state index in [4.69, 9.17) is 0 Å². The quantitative estimate of drug-likeness (QED) is 0.839. The van der Waals surface area contributed by atoms with Crippen molar-refractivity contribution in [3.05, 3.63) is 0 Å². The van der Waals surface area contributed by atoms with Gasteiger partial charge in [0, 0.05) is 19.0 Å². The third kappa shape index (κ3) is 2.62.